The van der Waals surface area contributed by atoms with Crippen LogP contribution in [-0.2, 0) is 17.9 Å². The van der Waals surface area contributed by atoms with Gasteiger partial charge in [-0.05, 0) is 24.7 Å². The van der Waals surface area contributed by atoms with Crippen molar-refractivity contribution in [3.8, 4) is 5.75 Å². The van der Waals surface area contributed by atoms with Crippen molar-refractivity contribution in [3.05, 3.63) is 40.9 Å². The molecule has 0 atom stereocenters. The molecule has 130 valence electrons. The molecule has 0 saturated heterocycles. The number of aromatic nitrogens is 1. The molecule has 0 aliphatic carbocycles. The maximum atomic E-state index is 12.1. The molecule has 0 saturated carbocycles. The quantitative estimate of drug-likeness (QED) is 0.856. The standard InChI is InChI=1S/C15H16F3N3O2S/c1-10(22)19-14-20-12(9-24-14)8-21(2)7-11-3-5-13(6-4-11)23-15(16,17)18/h3-6,9H,7-8H2,1-2H3,(H,19,20,22). The monoisotopic (exact) mass is 359 g/mol. The minimum atomic E-state index is -4.69. The summed E-state index contributed by atoms with van der Waals surface area (Å²) >= 11 is 1.34. The van der Waals surface area contributed by atoms with Crippen LogP contribution >= 0.6 is 11.3 Å². The number of amides is 1. The minimum absolute atomic E-state index is 0.176. The lowest BCUT2D eigenvalue weighted by atomic mass is 10.2. The summed E-state index contributed by atoms with van der Waals surface area (Å²) in [6, 6.07) is 5.74. The zero-order valence-corrected chi connectivity index (χ0v) is 13.9. The first-order valence-corrected chi connectivity index (χ1v) is 7.84. The molecule has 5 nitrogen and oxygen atoms in total. The van der Waals surface area contributed by atoms with Gasteiger partial charge in [0, 0.05) is 25.4 Å². The summed E-state index contributed by atoms with van der Waals surface area (Å²) in [6.45, 7) is 2.51. The van der Waals surface area contributed by atoms with Crippen LogP contribution in [0.3, 0.4) is 0 Å². The van der Waals surface area contributed by atoms with E-state index in [1.54, 1.807) is 12.1 Å². The van der Waals surface area contributed by atoms with Crippen molar-refractivity contribution in [2.45, 2.75) is 26.4 Å². The number of carbonyl (C=O) groups excluding carboxylic acids is 1. The predicted octanol–water partition coefficient (Wildman–Crippen LogP) is 3.63. The van der Waals surface area contributed by atoms with Gasteiger partial charge in [0.2, 0.25) is 5.91 Å². The van der Waals surface area contributed by atoms with Crippen LogP contribution in [0.5, 0.6) is 5.75 Å². The van der Waals surface area contributed by atoms with Gasteiger partial charge in [0.15, 0.2) is 5.13 Å². The number of alkyl halides is 3. The van der Waals surface area contributed by atoms with Gasteiger partial charge in [-0.25, -0.2) is 4.98 Å². The Balaban J connectivity index is 1.88. The van der Waals surface area contributed by atoms with E-state index >= 15 is 0 Å². The topological polar surface area (TPSA) is 54.5 Å². The van der Waals surface area contributed by atoms with Crippen LogP contribution in [0.4, 0.5) is 18.3 Å². The highest BCUT2D eigenvalue weighted by molar-refractivity contribution is 7.13. The van der Waals surface area contributed by atoms with E-state index in [2.05, 4.69) is 15.0 Å². The van der Waals surface area contributed by atoms with Gasteiger partial charge in [-0.2, -0.15) is 0 Å². The van der Waals surface area contributed by atoms with Crippen LogP contribution in [0.25, 0.3) is 0 Å². The van der Waals surface area contributed by atoms with E-state index in [0.717, 1.165) is 11.3 Å². The molecule has 0 spiro atoms. The summed E-state index contributed by atoms with van der Waals surface area (Å²) in [5.74, 6) is -0.418. The Kier molecular flexibility index (Phi) is 5.79. The van der Waals surface area contributed by atoms with E-state index in [9.17, 15) is 18.0 Å². The predicted molar refractivity (Wildman–Crippen MR) is 84.7 cm³/mol. The summed E-state index contributed by atoms with van der Waals surface area (Å²) in [6.07, 6.45) is -4.69. The first-order chi connectivity index (χ1) is 11.2. The summed E-state index contributed by atoms with van der Waals surface area (Å²) in [5.41, 5.74) is 1.66. The fourth-order valence-electron chi connectivity index (χ4n) is 2.03. The Morgan fingerprint density at radius 1 is 1.29 bits per heavy atom. The van der Waals surface area contributed by atoms with Crippen molar-refractivity contribution in [2.75, 3.05) is 12.4 Å². The van der Waals surface area contributed by atoms with Gasteiger partial charge in [-0.15, -0.1) is 24.5 Å². The van der Waals surface area contributed by atoms with Crippen molar-refractivity contribution < 1.29 is 22.7 Å². The highest BCUT2D eigenvalue weighted by Gasteiger charge is 2.30. The van der Waals surface area contributed by atoms with Gasteiger partial charge in [0.1, 0.15) is 5.75 Å². The molecule has 1 aromatic carbocycles. The second-order valence-electron chi connectivity index (χ2n) is 5.19. The zero-order chi connectivity index (χ0) is 17.7. The first-order valence-electron chi connectivity index (χ1n) is 6.96. The largest absolute Gasteiger partial charge is 0.573 e. The van der Waals surface area contributed by atoms with Crippen molar-refractivity contribution in [1.82, 2.24) is 9.88 Å². The second kappa shape index (κ2) is 7.63. The molecule has 1 N–H and O–H groups in total. The molecule has 0 aliphatic rings. The van der Waals surface area contributed by atoms with Crippen molar-refractivity contribution in [1.29, 1.82) is 0 Å². The molecule has 1 amide bonds. The molecule has 2 rings (SSSR count). The van der Waals surface area contributed by atoms with Crippen LogP contribution in [0.2, 0.25) is 0 Å². The lowest BCUT2D eigenvalue weighted by Gasteiger charge is -2.16. The number of ether oxygens (including phenoxy) is 1. The highest BCUT2D eigenvalue weighted by atomic mass is 32.1. The molecule has 0 bridgehead atoms. The number of rotatable bonds is 6. The summed E-state index contributed by atoms with van der Waals surface area (Å²) in [7, 11) is 1.87. The molecule has 24 heavy (non-hydrogen) atoms. The molecule has 0 radical (unpaired) electrons. The number of anilines is 1. The Morgan fingerprint density at radius 2 is 1.96 bits per heavy atom. The minimum Gasteiger partial charge on any atom is -0.406 e. The highest BCUT2D eigenvalue weighted by Crippen LogP contribution is 2.23. The number of hydrogen-bond acceptors (Lipinski definition) is 5. The molecule has 1 heterocycles. The average Bonchev–Trinajstić information content (AvgIpc) is 2.85. The van der Waals surface area contributed by atoms with Crippen molar-refractivity contribution >= 4 is 22.4 Å². The lowest BCUT2D eigenvalue weighted by molar-refractivity contribution is -0.274. The molecule has 0 unspecified atom stereocenters. The Bertz CT molecular complexity index is 686. The maximum Gasteiger partial charge on any atom is 0.573 e. The first kappa shape index (κ1) is 18.2. The van der Waals surface area contributed by atoms with Crippen molar-refractivity contribution in [2.24, 2.45) is 0 Å². The van der Waals surface area contributed by atoms with Gasteiger partial charge in [-0.1, -0.05) is 12.1 Å². The van der Waals surface area contributed by atoms with E-state index < -0.39 is 6.36 Å². The fourth-order valence-corrected chi connectivity index (χ4v) is 2.78. The molecule has 0 aliphatic heterocycles. The normalized spacial score (nSPS) is 11.6. The van der Waals surface area contributed by atoms with Gasteiger partial charge in [-0.3, -0.25) is 9.69 Å². The van der Waals surface area contributed by atoms with E-state index in [4.69, 9.17) is 0 Å². The second-order valence-corrected chi connectivity index (χ2v) is 6.05. The number of halogens is 3. The number of nitrogens with zero attached hydrogens (tertiary/aromatic N) is 2. The Morgan fingerprint density at radius 3 is 2.54 bits per heavy atom. The molecular weight excluding hydrogens is 343 g/mol. The molecule has 9 heteroatoms. The molecule has 0 fully saturated rings. The smallest absolute Gasteiger partial charge is 0.406 e. The average molecular weight is 359 g/mol. The number of carbonyl (C=O) groups is 1. The molecular formula is C15H16F3N3O2S. The van der Waals surface area contributed by atoms with Gasteiger partial charge in [0.25, 0.3) is 0 Å². The summed E-state index contributed by atoms with van der Waals surface area (Å²) in [4.78, 5) is 17.2. The fraction of sp³-hybridized carbons (Fsp3) is 0.333. The summed E-state index contributed by atoms with van der Waals surface area (Å²) < 4.78 is 40.2. The SMILES string of the molecule is CC(=O)Nc1nc(CN(C)Cc2ccc(OC(F)(F)F)cc2)cs1. The van der Waals surface area contributed by atoms with Crippen LogP contribution in [-0.4, -0.2) is 29.2 Å². The number of nitrogens with one attached hydrogen (secondary N) is 1. The Labute approximate surface area is 141 Å². The van der Waals surface area contributed by atoms with Crippen LogP contribution in [0.1, 0.15) is 18.2 Å². The third-order valence-electron chi connectivity index (χ3n) is 2.88. The molecule has 1 aromatic heterocycles. The van der Waals surface area contributed by atoms with Gasteiger partial charge in [0.05, 0.1) is 5.69 Å². The third kappa shape index (κ3) is 6.17. The Hall–Kier alpha value is -2.13. The van der Waals surface area contributed by atoms with Crippen molar-refractivity contribution in [3.63, 3.8) is 0 Å². The third-order valence-corrected chi connectivity index (χ3v) is 3.68. The van der Waals surface area contributed by atoms with Crippen LogP contribution in [0, 0.1) is 0 Å². The van der Waals surface area contributed by atoms with E-state index in [1.807, 2.05) is 17.3 Å². The zero-order valence-electron chi connectivity index (χ0n) is 13.1. The number of thiazole rings is 1. The number of hydrogen-bond donors (Lipinski definition) is 1. The van der Waals surface area contributed by atoms with E-state index in [0.29, 0.717) is 18.2 Å². The lowest BCUT2D eigenvalue weighted by Crippen LogP contribution is -2.18. The van der Waals surface area contributed by atoms with Crippen LogP contribution in [0.15, 0.2) is 29.6 Å². The van der Waals surface area contributed by atoms with Crippen LogP contribution < -0.4 is 10.1 Å². The maximum absolute atomic E-state index is 12.1. The number of benzene rings is 1. The summed E-state index contributed by atoms with van der Waals surface area (Å²) in [5, 5.41) is 5.01. The van der Waals surface area contributed by atoms with Gasteiger partial charge < -0.3 is 10.1 Å². The van der Waals surface area contributed by atoms with E-state index in [1.165, 1.54) is 30.4 Å². The molecule has 2 aromatic rings. The van der Waals surface area contributed by atoms with E-state index in [-0.39, 0.29) is 11.7 Å². The van der Waals surface area contributed by atoms with Gasteiger partial charge >= 0.3 is 6.36 Å².